The zero-order chi connectivity index (χ0) is 17.6. The lowest BCUT2D eigenvalue weighted by molar-refractivity contribution is 0.722. The molecule has 0 spiro atoms. The summed E-state index contributed by atoms with van der Waals surface area (Å²) < 4.78 is 3.56. The maximum atomic E-state index is 13.0. The van der Waals surface area contributed by atoms with Crippen molar-refractivity contribution in [2.75, 3.05) is 0 Å². The fourth-order valence-electron chi connectivity index (χ4n) is 2.80. The second-order valence-corrected chi connectivity index (χ2v) is 7.48. The number of nitrogens with one attached hydrogen (secondary N) is 1. The van der Waals surface area contributed by atoms with Crippen LogP contribution in [0.3, 0.4) is 0 Å². The minimum Gasteiger partial charge on any atom is -0.323 e. The molecule has 0 aliphatic heterocycles. The van der Waals surface area contributed by atoms with Crippen LogP contribution in [0.2, 0.25) is 0 Å². The summed E-state index contributed by atoms with van der Waals surface area (Å²) in [6.45, 7) is 1.94. The van der Waals surface area contributed by atoms with Gasteiger partial charge in [0, 0.05) is 30.1 Å². The highest BCUT2D eigenvalue weighted by molar-refractivity contribution is 7.71. The maximum Gasteiger partial charge on any atom is 0.268 e. The van der Waals surface area contributed by atoms with Crippen LogP contribution in [0.4, 0.5) is 0 Å². The van der Waals surface area contributed by atoms with Gasteiger partial charge in [0.2, 0.25) is 0 Å². The summed E-state index contributed by atoms with van der Waals surface area (Å²) >= 11 is 6.98. The summed E-state index contributed by atoms with van der Waals surface area (Å²) in [4.78, 5) is 18.1. The molecule has 4 aromatic rings. The first kappa shape index (κ1) is 16.0. The van der Waals surface area contributed by atoms with Gasteiger partial charge in [0.25, 0.3) is 5.56 Å². The van der Waals surface area contributed by atoms with Crippen molar-refractivity contribution in [3.63, 3.8) is 0 Å². The molecule has 0 atom stereocenters. The molecule has 0 amide bonds. The average Bonchev–Trinajstić information content (AvgIpc) is 3.12. The third-order valence-corrected chi connectivity index (χ3v) is 5.53. The number of rotatable bonds is 3. The van der Waals surface area contributed by atoms with Gasteiger partial charge in [-0.05, 0) is 30.8 Å². The Labute approximate surface area is 153 Å². The molecule has 1 aromatic carbocycles. The standard InChI is InChI=1S/C18H16N4OS2/c1-11-8-15(20-21(11)2)22-17(23)14-10-13(25-16(14)19-18(22)24)9-12-6-4-3-5-7-12/h3-8,10H,9H2,1-2H3,(H,19,24). The van der Waals surface area contributed by atoms with Crippen molar-refractivity contribution in [2.45, 2.75) is 13.3 Å². The Morgan fingerprint density at radius 1 is 1.24 bits per heavy atom. The normalized spacial score (nSPS) is 11.3. The number of nitrogens with zero attached hydrogens (tertiary/aromatic N) is 3. The van der Waals surface area contributed by atoms with Crippen LogP contribution >= 0.6 is 23.6 Å². The van der Waals surface area contributed by atoms with Gasteiger partial charge in [0.05, 0.1) is 5.39 Å². The predicted molar refractivity (Wildman–Crippen MR) is 103 cm³/mol. The molecule has 7 heteroatoms. The van der Waals surface area contributed by atoms with Crippen LogP contribution in [0.5, 0.6) is 0 Å². The van der Waals surface area contributed by atoms with E-state index >= 15 is 0 Å². The fourth-order valence-corrected chi connectivity index (χ4v) is 4.23. The number of H-pyrrole nitrogens is 1. The molecule has 25 heavy (non-hydrogen) atoms. The number of aromatic amines is 1. The van der Waals surface area contributed by atoms with E-state index in [0.29, 0.717) is 16.0 Å². The molecule has 1 N–H and O–H groups in total. The summed E-state index contributed by atoms with van der Waals surface area (Å²) in [6, 6.07) is 14.0. The molecule has 0 saturated carbocycles. The van der Waals surface area contributed by atoms with E-state index in [0.717, 1.165) is 21.8 Å². The van der Waals surface area contributed by atoms with Crippen molar-refractivity contribution in [3.8, 4) is 5.82 Å². The predicted octanol–water partition coefficient (Wildman–Crippen LogP) is 3.74. The van der Waals surface area contributed by atoms with Crippen molar-refractivity contribution in [1.82, 2.24) is 19.3 Å². The van der Waals surface area contributed by atoms with Gasteiger partial charge < -0.3 is 4.98 Å². The minimum absolute atomic E-state index is 0.132. The van der Waals surface area contributed by atoms with E-state index in [-0.39, 0.29) is 5.56 Å². The third kappa shape index (κ3) is 2.85. The van der Waals surface area contributed by atoms with Gasteiger partial charge >= 0.3 is 0 Å². The summed E-state index contributed by atoms with van der Waals surface area (Å²) in [5, 5.41) is 5.03. The summed E-state index contributed by atoms with van der Waals surface area (Å²) in [5.74, 6) is 0.545. The molecular weight excluding hydrogens is 352 g/mol. The van der Waals surface area contributed by atoms with Crippen LogP contribution in [-0.4, -0.2) is 19.3 Å². The molecule has 3 heterocycles. The summed E-state index contributed by atoms with van der Waals surface area (Å²) in [5.41, 5.74) is 2.05. The van der Waals surface area contributed by atoms with Crippen LogP contribution in [0, 0.1) is 11.7 Å². The minimum atomic E-state index is -0.132. The van der Waals surface area contributed by atoms with Crippen LogP contribution in [0.15, 0.2) is 47.3 Å². The molecule has 0 radical (unpaired) electrons. The van der Waals surface area contributed by atoms with Crippen molar-refractivity contribution >= 4 is 33.8 Å². The first-order valence-electron chi connectivity index (χ1n) is 7.85. The molecule has 3 aromatic heterocycles. The fraction of sp³-hybridized carbons (Fsp3) is 0.167. The van der Waals surface area contributed by atoms with Crippen LogP contribution in [-0.2, 0) is 13.5 Å². The van der Waals surface area contributed by atoms with Gasteiger partial charge in [-0.25, -0.2) is 4.57 Å². The van der Waals surface area contributed by atoms with Gasteiger partial charge in [-0.15, -0.1) is 11.3 Å². The first-order chi connectivity index (χ1) is 12.0. The Balaban J connectivity index is 1.85. The molecule has 0 saturated heterocycles. The number of aryl methyl sites for hydroxylation is 2. The largest absolute Gasteiger partial charge is 0.323 e. The van der Waals surface area contributed by atoms with E-state index in [1.165, 1.54) is 10.1 Å². The topological polar surface area (TPSA) is 55.6 Å². The van der Waals surface area contributed by atoms with Crippen LogP contribution in [0.25, 0.3) is 16.0 Å². The molecular formula is C18H16N4OS2. The molecule has 0 bridgehead atoms. The monoisotopic (exact) mass is 368 g/mol. The van der Waals surface area contributed by atoms with E-state index in [9.17, 15) is 4.79 Å². The van der Waals surface area contributed by atoms with Gasteiger partial charge in [-0.2, -0.15) is 5.10 Å². The number of thiophene rings is 1. The van der Waals surface area contributed by atoms with E-state index in [4.69, 9.17) is 12.2 Å². The van der Waals surface area contributed by atoms with Crippen molar-refractivity contribution in [3.05, 3.63) is 73.7 Å². The number of hydrogen-bond acceptors (Lipinski definition) is 4. The molecule has 126 valence electrons. The quantitative estimate of drug-likeness (QED) is 0.561. The molecule has 4 rings (SSSR count). The van der Waals surface area contributed by atoms with E-state index in [2.05, 4.69) is 22.2 Å². The third-order valence-electron chi connectivity index (χ3n) is 4.19. The Morgan fingerprint density at radius 2 is 2.00 bits per heavy atom. The molecule has 5 nitrogen and oxygen atoms in total. The highest BCUT2D eigenvalue weighted by Crippen LogP contribution is 2.24. The van der Waals surface area contributed by atoms with Gasteiger partial charge in [-0.1, -0.05) is 30.3 Å². The van der Waals surface area contributed by atoms with Crippen molar-refractivity contribution < 1.29 is 0 Å². The molecule has 0 unspecified atom stereocenters. The zero-order valence-corrected chi connectivity index (χ0v) is 15.4. The van der Waals surface area contributed by atoms with Crippen LogP contribution in [0.1, 0.15) is 16.1 Å². The van der Waals surface area contributed by atoms with Gasteiger partial charge in [0.1, 0.15) is 4.83 Å². The second kappa shape index (κ2) is 6.09. The van der Waals surface area contributed by atoms with E-state index in [1.807, 2.05) is 44.3 Å². The van der Waals surface area contributed by atoms with Gasteiger partial charge in [0.15, 0.2) is 10.6 Å². The Morgan fingerprint density at radius 3 is 2.68 bits per heavy atom. The maximum absolute atomic E-state index is 13.0. The zero-order valence-electron chi connectivity index (χ0n) is 13.8. The Hall–Kier alpha value is -2.51. The van der Waals surface area contributed by atoms with Crippen molar-refractivity contribution in [2.24, 2.45) is 7.05 Å². The number of fused-ring (bicyclic) bond motifs is 1. The Bertz CT molecular complexity index is 1160. The van der Waals surface area contributed by atoms with Crippen LogP contribution < -0.4 is 5.56 Å². The summed E-state index contributed by atoms with van der Waals surface area (Å²) in [7, 11) is 1.84. The average molecular weight is 368 g/mol. The smallest absolute Gasteiger partial charge is 0.268 e. The lowest BCUT2D eigenvalue weighted by Gasteiger charge is -2.01. The number of hydrogen-bond donors (Lipinski definition) is 1. The summed E-state index contributed by atoms with van der Waals surface area (Å²) in [6.07, 6.45) is 0.795. The highest BCUT2D eigenvalue weighted by atomic mass is 32.1. The first-order valence-corrected chi connectivity index (χ1v) is 9.08. The number of benzene rings is 1. The lowest BCUT2D eigenvalue weighted by atomic mass is 10.1. The van der Waals surface area contributed by atoms with E-state index < -0.39 is 0 Å². The Kier molecular flexibility index (Phi) is 3.89. The second-order valence-electron chi connectivity index (χ2n) is 5.96. The lowest BCUT2D eigenvalue weighted by Crippen LogP contribution is -2.20. The SMILES string of the molecule is Cc1cc(-n2c(=S)[nH]c3sc(Cc4ccccc4)cc3c2=O)nn1C. The molecule has 0 fully saturated rings. The number of aromatic nitrogens is 4. The highest BCUT2D eigenvalue weighted by Gasteiger charge is 2.14. The molecule has 0 aliphatic rings. The van der Waals surface area contributed by atoms with Gasteiger partial charge in [-0.3, -0.25) is 9.48 Å². The van der Waals surface area contributed by atoms with Crippen molar-refractivity contribution in [1.29, 1.82) is 0 Å². The van der Waals surface area contributed by atoms with E-state index in [1.54, 1.807) is 16.0 Å². The molecule has 0 aliphatic carbocycles.